The number of halogens is 1. The molecule has 0 N–H and O–H groups in total. The lowest BCUT2D eigenvalue weighted by Crippen LogP contribution is -2.47. The quantitative estimate of drug-likeness (QED) is 0.249. The number of aromatic nitrogens is 2. The SMILES string of the molecule is [C-]#[N+]c1ccc(-c2cccc3c(Br)c(N4CCN(c5ccc(C(=O)OC)cn5)CC4)cnc23)cc1. The summed E-state index contributed by atoms with van der Waals surface area (Å²) in [6.45, 7) is 10.4. The molecule has 7 nitrogen and oxygen atoms in total. The fraction of sp³-hybridized carbons (Fsp3) is 0.185. The summed E-state index contributed by atoms with van der Waals surface area (Å²) in [6.07, 6.45) is 3.49. The van der Waals surface area contributed by atoms with Crippen LogP contribution in [-0.4, -0.2) is 49.2 Å². The monoisotopic (exact) mass is 527 g/mol. The van der Waals surface area contributed by atoms with Crippen LogP contribution < -0.4 is 9.80 Å². The summed E-state index contributed by atoms with van der Waals surface area (Å²) in [6, 6.07) is 17.4. The van der Waals surface area contributed by atoms with Crippen molar-refractivity contribution < 1.29 is 9.53 Å². The highest BCUT2D eigenvalue weighted by atomic mass is 79.9. The second-order valence-electron chi connectivity index (χ2n) is 8.19. The minimum atomic E-state index is -0.383. The second-order valence-corrected chi connectivity index (χ2v) is 8.98. The lowest BCUT2D eigenvalue weighted by molar-refractivity contribution is 0.0600. The average Bonchev–Trinajstić information content (AvgIpc) is 2.93. The number of methoxy groups -OCH3 is 1. The van der Waals surface area contributed by atoms with Gasteiger partial charge in [-0.15, -0.1) is 0 Å². The van der Waals surface area contributed by atoms with Crippen LogP contribution in [0.4, 0.5) is 17.2 Å². The van der Waals surface area contributed by atoms with E-state index in [-0.39, 0.29) is 5.97 Å². The molecule has 0 atom stereocenters. The lowest BCUT2D eigenvalue weighted by atomic mass is 10.0. The Bertz CT molecular complexity index is 1420. The van der Waals surface area contributed by atoms with E-state index in [1.54, 1.807) is 12.3 Å². The molecule has 2 aromatic carbocycles. The Morgan fingerprint density at radius 3 is 2.37 bits per heavy atom. The van der Waals surface area contributed by atoms with Crippen molar-refractivity contribution in [2.45, 2.75) is 0 Å². The van der Waals surface area contributed by atoms with Gasteiger partial charge in [-0.1, -0.05) is 42.5 Å². The van der Waals surface area contributed by atoms with Crippen molar-refractivity contribution in [3.05, 3.63) is 88.4 Å². The molecule has 174 valence electrons. The van der Waals surface area contributed by atoms with Crippen molar-refractivity contribution in [1.29, 1.82) is 0 Å². The van der Waals surface area contributed by atoms with Crippen LogP contribution in [0.3, 0.4) is 0 Å². The van der Waals surface area contributed by atoms with Gasteiger partial charge in [-0.2, -0.15) is 0 Å². The third-order valence-electron chi connectivity index (χ3n) is 6.23. The predicted molar refractivity (Wildman–Crippen MR) is 141 cm³/mol. The number of carbonyl (C=O) groups is 1. The largest absolute Gasteiger partial charge is 0.465 e. The maximum absolute atomic E-state index is 11.7. The molecular formula is C27H22BrN5O2. The second kappa shape index (κ2) is 9.72. The molecule has 35 heavy (non-hydrogen) atoms. The molecule has 1 saturated heterocycles. The Hall–Kier alpha value is -3.96. The number of ether oxygens (including phenoxy) is 1. The maximum Gasteiger partial charge on any atom is 0.339 e. The number of hydrogen-bond donors (Lipinski definition) is 0. The summed E-state index contributed by atoms with van der Waals surface area (Å²) >= 11 is 3.84. The van der Waals surface area contributed by atoms with E-state index in [2.05, 4.69) is 47.7 Å². The van der Waals surface area contributed by atoms with Gasteiger partial charge in [-0.05, 0) is 33.6 Å². The maximum atomic E-state index is 11.7. The van der Waals surface area contributed by atoms with Crippen LogP contribution in [0.1, 0.15) is 10.4 Å². The van der Waals surface area contributed by atoms with Crippen molar-refractivity contribution in [3.8, 4) is 11.1 Å². The first-order valence-corrected chi connectivity index (χ1v) is 12.0. The molecule has 0 bridgehead atoms. The number of anilines is 2. The highest BCUT2D eigenvalue weighted by Gasteiger charge is 2.22. The van der Waals surface area contributed by atoms with Gasteiger partial charge >= 0.3 is 5.97 Å². The Kier molecular flexibility index (Phi) is 6.34. The van der Waals surface area contributed by atoms with E-state index < -0.39 is 0 Å². The minimum Gasteiger partial charge on any atom is -0.465 e. The number of carbonyl (C=O) groups excluding carboxylic acids is 1. The van der Waals surface area contributed by atoms with Gasteiger partial charge in [0.15, 0.2) is 5.69 Å². The van der Waals surface area contributed by atoms with E-state index in [1.807, 2.05) is 42.6 Å². The van der Waals surface area contributed by atoms with Crippen molar-refractivity contribution in [3.63, 3.8) is 0 Å². The molecule has 2 aromatic heterocycles. The Morgan fingerprint density at radius 1 is 0.971 bits per heavy atom. The smallest absolute Gasteiger partial charge is 0.339 e. The first-order valence-electron chi connectivity index (χ1n) is 11.2. The number of pyridine rings is 2. The van der Waals surface area contributed by atoms with Crippen LogP contribution in [0, 0.1) is 6.57 Å². The number of benzene rings is 2. The molecule has 5 rings (SSSR count). The van der Waals surface area contributed by atoms with E-state index >= 15 is 0 Å². The fourth-order valence-electron chi connectivity index (χ4n) is 4.34. The summed E-state index contributed by atoms with van der Waals surface area (Å²) in [4.78, 5) is 29.0. The van der Waals surface area contributed by atoms with Gasteiger partial charge in [0, 0.05) is 43.3 Å². The molecule has 8 heteroatoms. The number of para-hydroxylation sites is 1. The topological polar surface area (TPSA) is 62.9 Å². The van der Waals surface area contributed by atoms with E-state index in [0.717, 1.165) is 64.2 Å². The van der Waals surface area contributed by atoms with Gasteiger partial charge in [0.25, 0.3) is 0 Å². The van der Waals surface area contributed by atoms with E-state index in [4.69, 9.17) is 16.3 Å². The fourth-order valence-corrected chi connectivity index (χ4v) is 5.01. The molecule has 1 aliphatic heterocycles. The molecule has 0 aliphatic carbocycles. The molecule has 0 amide bonds. The van der Waals surface area contributed by atoms with Crippen molar-refractivity contribution in [2.24, 2.45) is 0 Å². The predicted octanol–water partition coefficient (Wildman–Crippen LogP) is 5.72. The summed E-state index contributed by atoms with van der Waals surface area (Å²) in [5, 5.41) is 1.05. The first-order chi connectivity index (χ1) is 17.1. The van der Waals surface area contributed by atoms with Crippen molar-refractivity contribution >= 4 is 50.0 Å². The van der Waals surface area contributed by atoms with Crippen LogP contribution in [0.2, 0.25) is 0 Å². The van der Waals surface area contributed by atoms with Crippen LogP contribution in [0.25, 0.3) is 26.9 Å². The standard InChI is InChI=1S/C27H22BrN5O2/c1-29-20-9-6-18(7-10-20)21-4-3-5-22-25(28)23(17-31-26(21)22)32-12-14-33(15-13-32)24-11-8-19(16-30-24)27(34)35-2/h3-11,16-17H,12-15H2,2H3. The van der Waals surface area contributed by atoms with E-state index in [1.165, 1.54) is 7.11 Å². The average molecular weight is 528 g/mol. The number of piperazine rings is 1. The van der Waals surface area contributed by atoms with Gasteiger partial charge in [-0.3, -0.25) is 4.98 Å². The van der Waals surface area contributed by atoms with Gasteiger partial charge < -0.3 is 14.5 Å². The van der Waals surface area contributed by atoms with Crippen LogP contribution in [0.15, 0.2) is 71.5 Å². The molecule has 0 unspecified atom stereocenters. The molecule has 1 aliphatic rings. The third kappa shape index (κ3) is 4.43. The molecule has 4 aromatic rings. The van der Waals surface area contributed by atoms with Gasteiger partial charge in [-0.25, -0.2) is 14.6 Å². The van der Waals surface area contributed by atoms with Crippen molar-refractivity contribution in [1.82, 2.24) is 9.97 Å². The highest BCUT2D eigenvalue weighted by molar-refractivity contribution is 9.10. The third-order valence-corrected chi connectivity index (χ3v) is 7.07. The van der Waals surface area contributed by atoms with Crippen molar-refractivity contribution in [2.75, 3.05) is 43.1 Å². The Morgan fingerprint density at radius 2 is 1.71 bits per heavy atom. The summed E-state index contributed by atoms with van der Waals surface area (Å²) in [7, 11) is 1.37. The van der Waals surface area contributed by atoms with Gasteiger partial charge in [0.2, 0.25) is 0 Å². The summed E-state index contributed by atoms with van der Waals surface area (Å²) in [5.74, 6) is 0.466. The number of nitrogens with zero attached hydrogens (tertiary/aromatic N) is 5. The molecule has 3 heterocycles. The molecule has 0 radical (unpaired) electrons. The zero-order valence-corrected chi connectivity index (χ0v) is 20.7. The van der Waals surface area contributed by atoms with Gasteiger partial charge in [0.05, 0.1) is 41.1 Å². The summed E-state index contributed by atoms with van der Waals surface area (Å²) in [5.41, 5.74) is 5.13. The molecular weight excluding hydrogens is 506 g/mol. The number of fused-ring (bicyclic) bond motifs is 1. The normalized spacial score (nSPS) is 13.5. The Labute approximate surface area is 211 Å². The van der Waals surface area contributed by atoms with Crippen LogP contribution >= 0.6 is 15.9 Å². The molecule has 0 spiro atoms. The Balaban J connectivity index is 1.36. The summed E-state index contributed by atoms with van der Waals surface area (Å²) < 4.78 is 5.77. The highest BCUT2D eigenvalue weighted by Crippen LogP contribution is 2.37. The van der Waals surface area contributed by atoms with Crippen LogP contribution in [0.5, 0.6) is 0 Å². The first kappa shape index (κ1) is 22.8. The van der Waals surface area contributed by atoms with E-state index in [0.29, 0.717) is 11.3 Å². The zero-order valence-electron chi connectivity index (χ0n) is 19.1. The van der Waals surface area contributed by atoms with E-state index in [9.17, 15) is 4.79 Å². The zero-order chi connectivity index (χ0) is 24.4. The van der Waals surface area contributed by atoms with Gasteiger partial charge in [0.1, 0.15) is 5.82 Å². The number of rotatable bonds is 4. The molecule has 0 saturated carbocycles. The van der Waals surface area contributed by atoms with Crippen LogP contribution in [-0.2, 0) is 4.74 Å². The minimum absolute atomic E-state index is 0.383. The lowest BCUT2D eigenvalue weighted by Gasteiger charge is -2.37. The number of hydrogen-bond acceptors (Lipinski definition) is 6. The number of esters is 1. The molecule has 1 fully saturated rings.